The topological polar surface area (TPSA) is 0 Å². The summed E-state index contributed by atoms with van der Waals surface area (Å²) in [5.74, 6) is 0. The number of fused-ring (bicyclic) bond motifs is 1. The van der Waals surface area contributed by atoms with E-state index in [0.717, 1.165) is 6.42 Å². The number of rotatable bonds is 2. The molecule has 0 amide bonds. The normalized spacial score (nSPS) is 21.4. The third-order valence-corrected chi connectivity index (χ3v) is 7.68. The van der Waals surface area contributed by atoms with Gasteiger partial charge < -0.3 is 24.8 Å². The van der Waals surface area contributed by atoms with Crippen LogP contribution in [0.1, 0.15) is 31.4 Å². The van der Waals surface area contributed by atoms with Crippen molar-refractivity contribution in [2.45, 2.75) is 23.4 Å². The van der Waals surface area contributed by atoms with Gasteiger partial charge in [0.15, 0.2) is 0 Å². The van der Waals surface area contributed by atoms with Gasteiger partial charge in [-0.1, -0.05) is 0 Å². The largest absolute Gasteiger partial charge is 1.00 e. The van der Waals surface area contributed by atoms with Crippen LogP contribution in [0.4, 0.5) is 0 Å². The maximum absolute atomic E-state index is 2.48. The molecule has 1 unspecified atom stereocenters. The molecular weight excluding hydrogens is 366 g/mol. The Labute approximate surface area is 144 Å². The van der Waals surface area contributed by atoms with E-state index in [2.05, 4.69) is 68.5 Å². The molecule has 0 nitrogen and oxygen atoms in total. The number of hydrogen-bond donors (Lipinski definition) is 0. The van der Waals surface area contributed by atoms with Crippen LogP contribution in [0.2, 0.25) is 0 Å². The van der Waals surface area contributed by atoms with Gasteiger partial charge in [0.2, 0.25) is 0 Å². The minimum atomic E-state index is -0.619. The molecular formula is C17H17Cl2Zr. The van der Waals surface area contributed by atoms with Crippen molar-refractivity contribution in [2.75, 3.05) is 0 Å². The van der Waals surface area contributed by atoms with Crippen LogP contribution in [0.25, 0.3) is 6.08 Å². The SMILES string of the molecule is C[C](C)=[Zr+2][C]1(C2=CC=CC2)C=Cc2ccccc21.[Cl-].[Cl-]. The molecule has 0 N–H and O–H groups in total. The van der Waals surface area contributed by atoms with Crippen molar-refractivity contribution in [3.05, 3.63) is 65.3 Å². The van der Waals surface area contributed by atoms with Gasteiger partial charge in [0.05, 0.1) is 0 Å². The van der Waals surface area contributed by atoms with E-state index in [4.69, 9.17) is 0 Å². The summed E-state index contributed by atoms with van der Waals surface area (Å²) in [6, 6.07) is 8.92. The molecule has 2 aliphatic carbocycles. The van der Waals surface area contributed by atoms with Gasteiger partial charge in [-0.15, -0.1) is 0 Å². The van der Waals surface area contributed by atoms with E-state index in [-0.39, 0.29) is 27.9 Å². The molecule has 0 heterocycles. The summed E-state index contributed by atoms with van der Waals surface area (Å²) in [5.41, 5.74) is 4.58. The monoisotopic (exact) mass is 381 g/mol. The average molecular weight is 383 g/mol. The third-order valence-electron chi connectivity index (χ3n) is 3.62. The van der Waals surface area contributed by atoms with Crippen molar-refractivity contribution in [1.82, 2.24) is 0 Å². The van der Waals surface area contributed by atoms with Gasteiger partial charge >= 0.3 is 121 Å². The molecule has 3 rings (SSSR count). The molecule has 1 aromatic carbocycles. The van der Waals surface area contributed by atoms with Gasteiger partial charge in [0.1, 0.15) is 0 Å². The van der Waals surface area contributed by atoms with Crippen LogP contribution in [-0.2, 0) is 25.9 Å². The van der Waals surface area contributed by atoms with E-state index >= 15 is 0 Å². The molecule has 103 valence electrons. The molecule has 0 saturated carbocycles. The van der Waals surface area contributed by atoms with Crippen LogP contribution in [0.15, 0.2) is 54.1 Å². The van der Waals surface area contributed by atoms with Crippen molar-refractivity contribution in [1.29, 1.82) is 0 Å². The first kappa shape index (κ1) is 17.8. The summed E-state index contributed by atoms with van der Waals surface area (Å²) in [6.07, 6.45) is 12.8. The molecule has 1 atom stereocenters. The maximum atomic E-state index is 2.48. The van der Waals surface area contributed by atoms with Gasteiger partial charge in [0, 0.05) is 0 Å². The maximum Gasteiger partial charge on any atom is -1.00 e. The van der Waals surface area contributed by atoms with E-state index in [1.807, 2.05) is 0 Å². The molecule has 3 heteroatoms. The summed E-state index contributed by atoms with van der Waals surface area (Å²) in [7, 11) is 0. The predicted molar refractivity (Wildman–Crippen MR) is 75.3 cm³/mol. The summed E-state index contributed by atoms with van der Waals surface area (Å²) >= 11 is -0.619. The van der Waals surface area contributed by atoms with Gasteiger partial charge in [-0.05, 0) is 0 Å². The fourth-order valence-corrected chi connectivity index (χ4v) is 7.00. The van der Waals surface area contributed by atoms with E-state index in [1.54, 1.807) is 14.3 Å². The average Bonchev–Trinajstić information content (AvgIpc) is 2.97. The zero-order chi connectivity index (χ0) is 12.6. The Hall–Kier alpha value is -0.227. The molecule has 0 aromatic heterocycles. The van der Waals surface area contributed by atoms with Gasteiger partial charge in [-0.2, -0.15) is 0 Å². The first-order valence-corrected chi connectivity index (χ1v) is 8.91. The zero-order valence-corrected chi connectivity index (χ0v) is 15.6. The third kappa shape index (κ3) is 3.01. The van der Waals surface area contributed by atoms with Crippen molar-refractivity contribution < 1.29 is 47.6 Å². The molecule has 1 aromatic rings. The minimum absolute atomic E-state index is 0. The number of benzene rings is 1. The Morgan fingerprint density at radius 3 is 2.55 bits per heavy atom. The smallest absolute Gasteiger partial charge is 1.00 e. The number of halogens is 2. The van der Waals surface area contributed by atoms with Gasteiger partial charge in [-0.25, -0.2) is 0 Å². The summed E-state index contributed by atoms with van der Waals surface area (Å²) in [6.45, 7) is 4.62. The van der Waals surface area contributed by atoms with Crippen molar-refractivity contribution in [3.8, 4) is 0 Å². The second kappa shape index (κ2) is 7.16. The predicted octanol–water partition coefficient (Wildman–Crippen LogP) is -1.90. The van der Waals surface area contributed by atoms with Gasteiger partial charge in [-0.3, -0.25) is 0 Å². The Bertz CT molecular complexity index is 607. The van der Waals surface area contributed by atoms with Crippen LogP contribution in [0.3, 0.4) is 0 Å². The van der Waals surface area contributed by atoms with Crippen LogP contribution >= 0.6 is 0 Å². The fraction of sp³-hybridized carbons (Fsp3) is 0.235. The van der Waals surface area contributed by atoms with E-state index in [0.29, 0.717) is 0 Å². The molecule has 0 radical (unpaired) electrons. The molecule has 2 aliphatic rings. The number of hydrogen-bond acceptors (Lipinski definition) is 0. The summed E-state index contributed by atoms with van der Waals surface area (Å²) in [4.78, 5) is 0. The summed E-state index contributed by atoms with van der Waals surface area (Å²) < 4.78 is 1.94. The fourth-order valence-electron chi connectivity index (χ4n) is 2.91. The second-order valence-electron chi connectivity index (χ2n) is 5.18. The zero-order valence-electron chi connectivity index (χ0n) is 11.7. The summed E-state index contributed by atoms with van der Waals surface area (Å²) in [5, 5.41) is 0. The Kier molecular flexibility index (Phi) is 6.38. The number of allylic oxidation sites excluding steroid dienone is 5. The molecule has 0 saturated heterocycles. The van der Waals surface area contributed by atoms with E-state index in [9.17, 15) is 0 Å². The molecule has 20 heavy (non-hydrogen) atoms. The Balaban J connectivity index is 0.000001000. The van der Waals surface area contributed by atoms with Crippen molar-refractivity contribution in [3.63, 3.8) is 0 Å². The van der Waals surface area contributed by atoms with Crippen LogP contribution in [0.5, 0.6) is 0 Å². The molecule has 0 fully saturated rings. The minimum Gasteiger partial charge on any atom is -1.00 e. The van der Waals surface area contributed by atoms with Crippen LogP contribution in [0, 0.1) is 0 Å². The van der Waals surface area contributed by atoms with E-state index < -0.39 is 22.8 Å². The Morgan fingerprint density at radius 1 is 1.15 bits per heavy atom. The molecule has 0 aliphatic heterocycles. The van der Waals surface area contributed by atoms with Crippen LogP contribution < -0.4 is 24.8 Å². The quantitative estimate of drug-likeness (QED) is 0.560. The first-order chi connectivity index (χ1) is 8.72. The second-order valence-corrected chi connectivity index (χ2v) is 10.2. The molecule has 0 spiro atoms. The standard InChI is InChI=1S/C14H11.C3H6.2ClH.Zr/c1-2-6-11(5-1)14-10-9-12-7-3-4-8-13(12)14;1-3-2;;;/h1-5,7-10H,6H2;1-2H3;2*1H;/q;;;;+2/p-2. The van der Waals surface area contributed by atoms with Crippen molar-refractivity contribution in [2.24, 2.45) is 0 Å². The Morgan fingerprint density at radius 2 is 1.90 bits per heavy atom. The van der Waals surface area contributed by atoms with Crippen LogP contribution in [-0.4, -0.2) is 3.21 Å². The van der Waals surface area contributed by atoms with E-state index in [1.165, 1.54) is 5.56 Å². The molecule has 0 bridgehead atoms. The van der Waals surface area contributed by atoms with Crippen molar-refractivity contribution >= 4 is 9.28 Å². The van der Waals surface area contributed by atoms with Gasteiger partial charge in [0.25, 0.3) is 0 Å². The first-order valence-electron chi connectivity index (χ1n) is 6.46.